The summed E-state index contributed by atoms with van der Waals surface area (Å²) in [5, 5.41) is 0.478. The Balaban J connectivity index is 3.04. The summed E-state index contributed by atoms with van der Waals surface area (Å²) in [6, 6.07) is 15.1. The van der Waals surface area contributed by atoms with Crippen LogP contribution in [0.5, 0.6) is 0 Å². The summed E-state index contributed by atoms with van der Waals surface area (Å²) in [5.41, 5.74) is 7.02. The van der Waals surface area contributed by atoms with Crippen molar-refractivity contribution in [2.75, 3.05) is 0 Å². The zero-order valence-electron chi connectivity index (χ0n) is 19.6. The van der Waals surface area contributed by atoms with Gasteiger partial charge in [-0.3, -0.25) is 0 Å². The highest BCUT2D eigenvalue weighted by Crippen LogP contribution is 2.42. The average Bonchev–Trinajstić information content (AvgIpc) is 2.79. The fraction of sp³-hybridized carbons (Fsp3) is 0.241. The van der Waals surface area contributed by atoms with E-state index >= 15 is 0 Å². The third-order valence-corrected chi connectivity index (χ3v) is 7.18. The largest absolute Gasteiger partial charge is 0.142 e. The summed E-state index contributed by atoms with van der Waals surface area (Å²) in [4.78, 5) is 1.35. The molecule has 0 saturated heterocycles. The van der Waals surface area contributed by atoms with Gasteiger partial charge in [0.1, 0.15) is 0 Å². The molecule has 0 fully saturated rings. The minimum Gasteiger partial charge on any atom is -0.142 e. The molecular formula is C29H33ClS2. The van der Waals surface area contributed by atoms with E-state index < -0.39 is 0 Å². The van der Waals surface area contributed by atoms with E-state index in [-0.39, 0.29) is 11.3 Å². The van der Waals surface area contributed by atoms with Gasteiger partial charge in [-0.15, -0.1) is 25.3 Å². The molecule has 0 amide bonds. The van der Waals surface area contributed by atoms with Gasteiger partial charge in [0, 0.05) is 9.81 Å². The quantitative estimate of drug-likeness (QED) is 0.286. The van der Waals surface area contributed by atoms with Gasteiger partial charge < -0.3 is 0 Å². The first-order valence-electron chi connectivity index (χ1n) is 10.7. The number of halogens is 1. The predicted octanol–water partition coefficient (Wildman–Crippen LogP) is 9.72. The molecule has 32 heavy (non-hydrogen) atoms. The zero-order chi connectivity index (χ0) is 24.1. The number of thiol groups is 2. The van der Waals surface area contributed by atoms with Crippen LogP contribution in [0.4, 0.5) is 0 Å². The van der Waals surface area contributed by atoms with E-state index in [4.69, 9.17) is 24.2 Å². The monoisotopic (exact) mass is 480 g/mol. The van der Waals surface area contributed by atoms with Crippen LogP contribution >= 0.6 is 36.9 Å². The molecular weight excluding hydrogens is 448 g/mol. The standard InChI is InChI=1S/C29H33ClS2/c1-8-10-14-19(3)23-17-22(29(5,6)7)18-24(21-15-12-11-13-16-21)26(23)20(4)27(31)28(32)25(30)9-2/h8-19,31-32H,1-2H2,3-7H3/b14-10-,27-20-,28-25-. The summed E-state index contributed by atoms with van der Waals surface area (Å²) in [6.07, 6.45) is 7.57. The molecule has 0 aliphatic carbocycles. The zero-order valence-corrected chi connectivity index (χ0v) is 22.2. The molecule has 168 valence electrons. The van der Waals surface area contributed by atoms with Gasteiger partial charge in [0.2, 0.25) is 0 Å². The third kappa shape index (κ3) is 6.13. The molecule has 2 aromatic carbocycles. The van der Waals surface area contributed by atoms with Gasteiger partial charge in [-0.1, -0.05) is 107 Å². The van der Waals surface area contributed by atoms with Crippen molar-refractivity contribution in [3.8, 4) is 11.1 Å². The first kappa shape index (κ1) is 26.4. The van der Waals surface area contributed by atoms with Gasteiger partial charge in [0.25, 0.3) is 0 Å². The van der Waals surface area contributed by atoms with Crippen molar-refractivity contribution in [3.63, 3.8) is 0 Å². The Morgan fingerprint density at radius 1 is 1.03 bits per heavy atom. The highest BCUT2D eigenvalue weighted by molar-refractivity contribution is 7.90. The minimum absolute atomic E-state index is 0.000846. The van der Waals surface area contributed by atoms with Crippen LogP contribution in [0, 0.1) is 0 Å². The third-order valence-electron chi connectivity index (χ3n) is 5.51. The van der Waals surface area contributed by atoms with E-state index in [0.29, 0.717) is 9.94 Å². The first-order chi connectivity index (χ1) is 15.0. The van der Waals surface area contributed by atoms with Gasteiger partial charge >= 0.3 is 0 Å². The molecule has 0 saturated carbocycles. The van der Waals surface area contributed by atoms with Crippen molar-refractivity contribution in [1.29, 1.82) is 0 Å². The van der Waals surface area contributed by atoms with Crippen LogP contribution < -0.4 is 0 Å². The Labute approximate surface area is 210 Å². The average molecular weight is 481 g/mol. The normalized spacial score (nSPS) is 14.6. The lowest BCUT2D eigenvalue weighted by Gasteiger charge is -2.27. The lowest BCUT2D eigenvalue weighted by atomic mass is 9.78. The second-order valence-corrected chi connectivity index (χ2v) is 10.2. The molecule has 2 rings (SSSR count). The Hall–Kier alpha value is -1.87. The fourth-order valence-electron chi connectivity index (χ4n) is 3.58. The van der Waals surface area contributed by atoms with Crippen molar-refractivity contribution in [2.45, 2.75) is 46.0 Å². The van der Waals surface area contributed by atoms with Crippen molar-refractivity contribution in [2.24, 2.45) is 0 Å². The summed E-state index contributed by atoms with van der Waals surface area (Å²) in [6.45, 7) is 18.6. The Kier molecular flexibility index (Phi) is 9.33. The van der Waals surface area contributed by atoms with Gasteiger partial charge in [0.15, 0.2) is 0 Å². The molecule has 0 nitrogen and oxygen atoms in total. The number of rotatable bonds is 7. The maximum Gasteiger partial charge on any atom is 0.0544 e. The van der Waals surface area contributed by atoms with Crippen LogP contribution in [-0.4, -0.2) is 0 Å². The second kappa shape index (κ2) is 11.3. The van der Waals surface area contributed by atoms with Crippen molar-refractivity contribution >= 4 is 42.4 Å². The number of hydrogen-bond acceptors (Lipinski definition) is 2. The van der Waals surface area contributed by atoms with E-state index in [0.717, 1.165) is 21.6 Å². The molecule has 0 N–H and O–H groups in total. The van der Waals surface area contributed by atoms with E-state index in [1.54, 1.807) is 6.08 Å². The number of hydrogen-bond donors (Lipinski definition) is 2. The molecule has 0 spiro atoms. The molecule has 0 aromatic heterocycles. The maximum absolute atomic E-state index is 6.33. The summed E-state index contributed by atoms with van der Waals surface area (Å²) < 4.78 is 0. The molecule has 0 bridgehead atoms. The van der Waals surface area contributed by atoms with E-state index in [2.05, 4.69) is 103 Å². The molecule has 0 radical (unpaired) electrons. The second-order valence-electron chi connectivity index (χ2n) is 8.89. The van der Waals surface area contributed by atoms with Crippen LogP contribution in [-0.2, 0) is 5.41 Å². The van der Waals surface area contributed by atoms with Crippen molar-refractivity contribution in [3.05, 3.63) is 111 Å². The Morgan fingerprint density at radius 2 is 1.66 bits per heavy atom. The van der Waals surface area contributed by atoms with Crippen LogP contribution in [0.2, 0.25) is 0 Å². The Morgan fingerprint density at radius 3 is 2.19 bits per heavy atom. The SMILES string of the molecule is C=C/C=C\C(C)c1cc(C(C)(C)C)cc(-c2ccccc2)c1/C(C)=C(S)/C(S)=C(/Cl)C=C. The van der Waals surface area contributed by atoms with Crippen LogP contribution in [0.25, 0.3) is 16.7 Å². The number of allylic oxidation sites excluding steroid dienone is 6. The van der Waals surface area contributed by atoms with E-state index in [9.17, 15) is 0 Å². The molecule has 1 atom stereocenters. The molecule has 0 heterocycles. The predicted molar refractivity (Wildman–Crippen MR) is 152 cm³/mol. The van der Waals surface area contributed by atoms with Gasteiger partial charge in [-0.25, -0.2) is 0 Å². The molecule has 0 aliphatic rings. The van der Waals surface area contributed by atoms with Crippen molar-refractivity contribution < 1.29 is 0 Å². The molecule has 2 aromatic rings. The molecule has 3 heteroatoms. The fourth-order valence-corrected chi connectivity index (χ4v) is 4.23. The number of benzene rings is 2. The lowest BCUT2D eigenvalue weighted by Crippen LogP contribution is -2.13. The summed E-state index contributed by atoms with van der Waals surface area (Å²) in [5.74, 6) is 0.172. The van der Waals surface area contributed by atoms with Crippen LogP contribution in [0.3, 0.4) is 0 Å². The van der Waals surface area contributed by atoms with Crippen LogP contribution in [0.15, 0.2) is 94.8 Å². The molecule has 1 unspecified atom stereocenters. The van der Waals surface area contributed by atoms with Crippen LogP contribution in [0.1, 0.15) is 57.2 Å². The minimum atomic E-state index is 0.000846. The lowest BCUT2D eigenvalue weighted by molar-refractivity contribution is 0.589. The van der Waals surface area contributed by atoms with Gasteiger partial charge in [0.05, 0.1) is 5.03 Å². The first-order valence-corrected chi connectivity index (χ1v) is 11.9. The highest BCUT2D eigenvalue weighted by atomic mass is 35.5. The highest BCUT2D eigenvalue weighted by Gasteiger charge is 2.23. The van der Waals surface area contributed by atoms with Gasteiger partial charge in [-0.05, 0) is 63.8 Å². The van der Waals surface area contributed by atoms with E-state index in [1.807, 2.05) is 18.2 Å². The molecule has 0 aliphatic heterocycles. The Bertz CT molecular complexity index is 1080. The summed E-state index contributed by atoms with van der Waals surface area (Å²) in [7, 11) is 0. The van der Waals surface area contributed by atoms with Crippen molar-refractivity contribution in [1.82, 2.24) is 0 Å². The summed E-state index contributed by atoms with van der Waals surface area (Å²) >= 11 is 15.8. The maximum atomic E-state index is 6.33. The van der Waals surface area contributed by atoms with Gasteiger partial charge in [-0.2, -0.15) is 0 Å². The topological polar surface area (TPSA) is 0 Å². The smallest absolute Gasteiger partial charge is 0.0544 e. The van der Waals surface area contributed by atoms with E-state index in [1.165, 1.54) is 16.7 Å².